The highest BCUT2D eigenvalue weighted by molar-refractivity contribution is 6.08. The van der Waals surface area contributed by atoms with Gasteiger partial charge in [0.25, 0.3) is 0 Å². The second kappa shape index (κ2) is 4.32. The zero-order valence-corrected chi connectivity index (χ0v) is 9.78. The fraction of sp³-hybridized carbons (Fsp3) is 0.429. The van der Waals surface area contributed by atoms with Crippen LogP contribution in [0.15, 0.2) is 24.7 Å². The number of nitrogens with one attached hydrogen (secondary N) is 1. The number of ketones is 1. The summed E-state index contributed by atoms with van der Waals surface area (Å²) in [6.07, 6.45) is 11.1. The Kier molecular flexibility index (Phi) is 2.67. The van der Waals surface area contributed by atoms with E-state index in [1.165, 1.54) is 19.3 Å². The summed E-state index contributed by atoms with van der Waals surface area (Å²) >= 11 is 0. The number of carbonyl (C=O) groups is 1. The van der Waals surface area contributed by atoms with E-state index in [0.29, 0.717) is 5.78 Å². The second-order valence-electron chi connectivity index (χ2n) is 4.82. The molecule has 1 saturated carbocycles. The molecule has 0 aromatic carbocycles. The Bertz CT molecular complexity index is 538. The lowest BCUT2D eigenvalue weighted by Crippen LogP contribution is -2.17. The smallest absolute Gasteiger partial charge is 0.168 e. The van der Waals surface area contributed by atoms with Crippen molar-refractivity contribution in [1.82, 2.24) is 9.97 Å². The molecule has 1 fully saturated rings. The third-order valence-electron chi connectivity index (χ3n) is 3.72. The van der Waals surface area contributed by atoms with Gasteiger partial charge in [-0.3, -0.25) is 9.78 Å². The Morgan fingerprint density at radius 1 is 1.29 bits per heavy atom. The number of aromatic amines is 1. The molecule has 0 aliphatic heterocycles. The van der Waals surface area contributed by atoms with Crippen molar-refractivity contribution in [2.45, 2.75) is 32.1 Å². The Morgan fingerprint density at radius 2 is 2.12 bits per heavy atom. The summed E-state index contributed by atoms with van der Waals surface area (Å²) in [6, 6.07) is 1.91. The van der Waals surface area contributed by atoms with Crippen LogP contribution in [0.2, 0.25) is 0 Å². The zero-order chi connectivity index (χ0) is 11.7. The number of H-pyrrole nitrogens is 1. The molecule has 0 bridgehead atoms. The van der Waals surface area contributed by atoms with E-state index in [1.54, 1.807) is 12.4 Å². The Balaban J connectivity index is 1.95. The number of rotatable bonds is 2. The van der Waals surface area contributed by atoms with Crippen molar-refractivity contribution >= 4 is 16.7 Å². The molecular formula is C14H16N2O. The lowest BCUT2D eigenvalue weighted by atomic mass is 9.84. The average molecular weight is 228 g/mol. The molecular weight excluding hydrogens is 212 g/mol. The monoisotopic (exact) mass is 228 g/mol. The molecule has 0 spiro atoms. The molecule has 1 N–H and O–H groups in total. The highest BCUT2D eigenvalue weighted by Gasteiger charge is 2.24. The van der Waals surface area contributed by atoms with Gasteiger partial charge in [0.1, 0.15) is 0 Å². The quantitative estimate of drug-likeness (QED) is 0.801. The molecule has 0 atom stereocenters. The summed E-state index contributed by atoms with van der Waals surface area (Å²) in [5.41, 5.74) is 1.82. The first-order chi connectivity index (χ1) is 8.36. The largest absolute Gasteiger partial charge is 0.360 e. The normalized spacial score (nSPS) is 17.4. The maximum absolute atomic E-state index is 12.4. The fourth-order valence-electron chi connectivity index (χ4n) is 2.75. The highest BCUT2D eigenvalue weighted by atomic mass is 16.1. The number of carbonyl (C=O) groups excluding carboxylic acids is 1. The van der Waals surface area contributed by atoms with Gasteiger partial charge in [-0.05, 0) is 18.9 Å². The molecule has 1 aliphatic carbocycles. The van der Waals surface area contributed by atoms with Crippen LogP contribution < -0.4 is 0 Å². The van der Waals surface area contributed by atoms with Gasteiger partial charge in [0, 0.05) is 41.0 Å². The molecule has 0 amide bonds. The van der Waals surface area contributed by atoms with E-state index in [4.69, 9.17) is 0 Å². The van der Waals surface area contributed by atoms with Crippen LogP contribution >= 0.6 is 0 Å². The first-order valence-electron chi connectivity index (χ1n) is 6.31. The molecule has 3 rings (SSSR count). The summed E-state index contributed by atoms with van der Waals surface area (Å²) in [5.74, 6) is 0.520. The van der Waals surface area contributed by atoms with E-state index < -0.39 is 0 Å². The summed E-state index contributed by atoms with van der Waals surface area (Å²) < 4.78 is 0. The van der Waals surface area contributed by atoms with Crippen LogP contribution in [-0.2, 0) is 0 Å². The predicted octanol–water partition coefficient (Wildman–Crippen LogP) is 3.33. The number of nitrogens with zero attached hydrogens (tertiary/aromatic N) is 1. The van der Waals surface area contributed by atoms with Crippen LogP contribution in [0, 0.1) is 5.92 Å². The van der Waals surface area contributed by atoms with Crippen LogP contribution in [0.25, 0.3) is 10.9 Å². The van der Waals surface area contributed by atoms with Gasteiger partial charge < -0.3 is 4.98 Å². The van der Waals surface area contributed by atoms with Gasteiger partial charge in [0.05, 0.1) is 0 Å². The topological polar surface area (TPSA) is 45.8 Å². The lowest BCUT2D eigenvalue weighted by molar-refractivity contribution is 0.0891. The number of hydrogen-bond donors (Lipinski definition) is 1. The van der Waals surface area contributed by atoms with Crippen molar-refractivity contribution in [2.24, 2.45) is 5.92 Å². The Morgan fingerprint density at radius 3 is 2.94 bits per heavy atom. The van der Waals surface area contributed by atoms with Crippen molar-refractivity contribution in [1.29, 1.82) is 0 Å². The van der Waals surface area contributed by atoms with Crippen molar-refractivity contribution in [3.63, 3.8) is 0 Å². The predicted molar refractivity (Wildman–Crippen MR) is 67.0 cm³/mol. The first kappa shape index (κ1) is 10.5. The summed E-state index contributed by atoms with van der Waals surface area (Å²) in [5, 5.41) is 0.961. The van der Waals surface area contributed by atoms with Gasteiger partial charge >= 0.3 is 0 Å². The Labute approximate surface area is 100 Å². The molecule has 0 unspecified atom stereocenters. The number of fused-ring (bicyclic) bond motifs is 1. The first-order valence-corrected chi connectivity index (χ1v) is 6.31. The van der Waals surface area contributed by atoms with Gasteiger partial charge in [0.15, 0.2) is 5.78 Å². The molecule has 88 valence electrons. The fourth-order valence-corrected chi connectivity index (χ4v) is 2.75. The van der Waals surface area contributed by atoms with Gasteiger partial charge in [0.2, 0.25) is 0 Å². The van der Waals surface area contributed by atoms with E-state index >= 15 is 0 Å². The second-order valence-corrected chi connectivity index (χ2v) is 4.82. The summed E-state index contributed by atoms with van der Waals surface area (Å²) in [6.45, 7) is 0. The molecule has 3 heteroatoms. The molecule has 17 heavy (non-hydrogen) atoms. The van der Waals surface area contributed by atoms with Crippen molar-refractivity contribution in [2.75, 3.05) is 0 Å². The van der Waals surface area contributed by atoms with Crippen molar-refractivity contribution in [3.8, 4) is 0 Å². The minimum atomic E-state index is 0.225. The maximum atomic E-state index is 12.4. The number of Topliss-reactive ketones (excluding diaryl/α,β-unsaturated/α-hetero) is 1. The molecule has 2 heterocycles. The summed E-state index contributed by atoms with van der Waals surface area (Å²) in [7, 11) is 0. The molecule has 2 aromatic heterocycles. The van der Waals surface area contributed by atoms with Gasteiger partial charge in [-0.15, -0.1) is 0 Å². The summed E-state index contributed by atoms with van der Waals surface area (Å²) in [4.78, 5) is 19.7. The van der Waals surface area contributed by atoms with Gasteiger partial charge in [-0.1, -0.05) is 19.3 Å². The molecule has 1 aliphatic rings. The van der Waals surface area contributed by atoms with E-state index in [9.17, 15) is 4.79 Å². The molecule has 2 aromatic rings. The van der Waals surface area contributed by atoms with Crippen LogP contribution in [0.5, 0.6) is 0 Å². The number of pyridine rings is 1. The van der Waals surface area contributed by atoms with Crippen LogP contribution in [0.1, 0.15) is 42.5 Å². The molecule has 3 nitrogen and oxygen atoms in total. The van der Waals surface area contributed by atoms with E-state index in [-0.39, 0.29) is 5.92 Å². The maximum Gasteiger partial charge on any atom is 0.168 e. The minimum Gasteiger partial charge on any atom is -0.360 e. The number of hydrogen-bond acceptors (Lipinski definition) is 2. The highest BCUT2D eigenvalue weighted by Crippen LogP contribution is 2.29. The average Bonchev–Trinajstić information content (AvgIpc) is 2.83. The minimum absolute atomic E-state index is 0.225. The van der Waals surface area contributed by atoms with Crippen molar-refractivity contribution < 1.29 is 4.79 Å². The molecule has 0 saturated heterocycles. The van der Waals surface area contributed by atoms with E-state index in [0.717, 1.165) is 29.3 Å². The Hall–Kier alpha value is -1.64. The SMILES string of the molecule is O=C(c1c[nH]c2ccncc12)C1CCCCC1. The molecule has 0 radical (unpaired) electrons. The van der Waals surface area contributed by atoms with Crippen LogP contribution in [0.3, 0.4) is 0 Å². The number of aromatic nitrogens is 2. The lowest BCUT2D eigenvalue weighted by Gasteiger charge is -2.19. The van der Waals surface area contributed by atoms with Gasteiger partial charge in [-0.25, -0.2) is 0 Å². The van der Waals surface area contributed by atoms with Crippen molar-refractivity contribution in [3.05, 3.63) is 30.2 Å². The van der Waals surface area contributed by atoms with Crippen LogP contribution in [0.4, 0.5) is 0 Å². The third-order valence-corrected chi connectivity index (χ3v) is 3.72. The van der Waals surface area contributed by atoms with Gasteiger partial charge in [-0.2, -0.15) is 0 Å². The van der Waals surface area contributed by atoms with E-state index in [2.05, 4.69) is 9.97 Å². The zero-order valence-electron chi connectivity index (χ0n) is 9.78. The van der Waals surface area contributed by atoms with Crippen LogP contribution in [-0.4, -0.2) is 15.8 Å². The standard InChI is InChI=1S/C14H16N2O/c17-14(10-4-2-1-3-5-10)12-9-16-13-6-7-15-8-11(12)13/h6-10,16H,1-5H2. The van der Waals surface area contributed by atoms with E-state index in [1.807, 2.05) is 12.3 Å². The third kappa shape index (κ3) is 1.86.